The van der Waals surface area contributed by atoms with Crippen LogP contribution in [-0.2, 0) is 0 Å². The minimum absolute atomic E-state index is 0.0186. The van der Waals surface area contributed by atoms with Crippen molar-refractivity contribution in [3.8, 4) is 0 Å². The molecule has 0 amide bonds. The van der Waals surface area contributed by atoms with Crippen molar-refractivity contribution in [1.82, 2.24) is 9.97 Å². The van der Waals surface area contributed by atoms with Crippen LogP contribution in [0.2, 0.25) is 0 Å². The lowest BCUT2D eigenvalue weighted by Gasteiger charge is -2.28. The van der Waals surface area contributed by atoms with Crippen LogP contribution in [0.15, 0.2) is 42.9 Å². The molecule has 2 aromatic rings. The normalized spacial score (nSPS) is 11.9. The molecule has 0 N–H and O–H groups in total. The minimum Gasteiger partial charge on any atom is -0.344 e. The maximum atomic E-state index is 11.1. The van der Waals surface area contributed by atoms with Crippen LogP contribution in [0.4, 0.5) is 11.5 Å². The average molecular weight is 272 g/mol. The predicted molar refractivity (Wildman–Crippen MR) is 76.6 cm³/mol. The summed E-state index contributed by atoms with van der Waals surface area (Å²) < 4.78 is 0. The highest BCUT2D eigenvalue weighted by Crippen LogP contribution is 2.31. The quantitative estimate of drug-likeness (QED) is 0.618. The van der Waals surface area contributed by atoms with Gasteiger partial charge >= 0.3 is 5.69 Å². The van der Waals surface area contributed by atoms with Crippen molar-refractivity contribution < 1.29 is 4.92 Å². The van der Waals surface area contributed by atoms with E-state index in [1.807, 2.05) is 30.9 Å². The Morgan fingerprint density at radius 1 is 1.35 bits per heavy atom. The van der Waals surface area contributed by atoms with Crippen LogP contribution in [0.5, 0.6) is 0 Å². The zero-order chi connectivity index (χ0) is 14.5. The van der Waals surface area contributed by atoms with Gasteiger partial charge in [0.15, 0.2) is 0 Å². The van der Waals surface area contributed by atoms with Crippen molar-refractivity contribution in [3.63, 3.8) is 0 Å². The van der Waals surface area contributed by atoms with Gasteiger partial charge in [0, 0.05) is 31.2 Å². The van der Waals surface area contributed by atoms with Gasteiger partial charge in [-0.15, -0.1) is 0 Å². The summed E-state index contributed by atoms with van der Waals surface area (Å²) >= 11 is 0. The lowest BCUT2D eigenvalue weighted by Crippen LogP contribution is -2.28. The Hall–Kier alpha value is -2.50. The Kier molecular flexibility index (Phi) is 4.24. The molecule has 104 valence electrons. The molecule has 20 heavy (non-hydrogen) atoms. The van der Waals surface area contributed by atoms with Crippen molar-refractivity contribution in [3.05, 3.63) is 58.5 Å². The molecule has 6 heteroatoms. The van der Waals surface area contributed by atoms with E-state index in [0.29, 0.717) is 12.4 Å². The summed E-state index contributed by atoms with van der Waals surface area (Å²) in [5.74, 6) is 0.386. The number of hydrogen-bond donors (Lipinski definition) is 0. The highest BCUT2D eigenvalue weighted by molar-refractivity contribution is 5.58. The van der Waals surface area contributed by atoms with Gasteiger partial charge in [0.05, 0.1) is 11.0 Å². The highest BCUT2D eigenvalue weighted by atomic mass is 16.6. The summed E-state index contributed by atoms with van der Waals surface area (Å²) in [7, 11) is 0. The van der Waals surface area contributed by atoms with E-state index in [4.69, 9.17) is 0 Å². The molecule has 0 fully saturated rings. The Bertz CT molecular complexity index is 589. The smallest absolute Gasteiger partial charge is 0.311 e. The first kappa shape index (κ1) is 13.9. The van der Waals surface area contributed by atoms with E-state index >= 15 is 0 Å². The number of hydrogen-bond acceptors (Lipinski definition) is 5. The zero-order valence-corrected chi connectivity index (χ0v) is 11.4. The van der Waals surface area contributed by atoms with Gasteiger partial charge in [0.25, 0.3) is 0 Å². The molecule has 0 aromatic carbocycles. The van der Waals surface area contributed by atoms with Crippen molar-refractivity contribution in [2.75, 3.05) is 11.4 Å². The third kappa shape index (κ3) is 2.74. The summed E-state index contributed by atoms with van der Waals surface area (Å²) in [5, 5.41) is 11.1. The largest absolute Gasteiger partial charge is 0.344 e. The van der Waals surface area contributed by atoms with Crippen LogP contribution in [0.25, 0.3) is 0 Å². The topological polar surface area (TPSA) is 72.2 Å². The van der Waals surface area contributed by atoms with Crippen LogP contribution in [-0.4, -0.2) is 21.4 Å². The van der Waals surface area contributed by atoms with Crippen LogP contribution < -0.4 is 4.90 Å². The minimum atomic E-state index is -0.402. The molecule has 1 atom stereocenters. The molecular formula is C14H16N4O2. The molecule has 0 aliphatic heterocycles. The average Bonchev–Trinajstić information content (AvgIpc) is 2.49. The zero-order valence-electron chi connectivity index (χ0n) is 11.4. The summed E-state index contributed by atoms with van der Waals surface area (Å²) in [5.41, 5.74) is 1.01. The predicted octanol–water partition coefficient (Wildman–Crippen LogP) is 2.97. The Balaban J connectivity index is 2.40. The fourth-order valence-corrected chi connectivity index (χ4v) is 2.16. The molecule has 0 aliphatic carbocycles. The summed E-state index contributed by atoms with van der Waals surface area (Å²) in [6.07, 6.45) is 5.04. The molecule has 2 aromatic heterocycles. The maximum absolute atomic E-state index is 11.1. The van der Waals surface area contributed by atoms with E-state index in [1.54, 1.807) is 24.7 Å². The Morgan fingerprint density at radius 2 is 2.10 bits per heavy atom. The van der Waals surface area contributed by atoms with Crippen molar-refractivity contribution >= 4 is 11.5 Å². The number of anilines is 1. The molecule has 0 aliphatic rings. The summed E-state index contributed by atoms with van der Waals surface area (Å²) in [6, 6.07) is 6.81. The maximum Gasteiger partial charge on any atom is 0.311 e. The molecule has 0 radical (unpaired) electrons. The van der Waals surface area contributed by atoms with Gasteiger partial charge in [-0.1, -0.05) is 6.07 Å². The van der Waals surface area contributed by atoms with Crippen molar-refractivity contribution in [2.45, 2.75) is 19.9 Å². The van der Waals surface area contributed by atoms with Crippen LogP contribution in [0.1, 0.15) is 25.5 Å². The third-order valence-electron chi connectivity index (χ3n) is 3.21. The number of pyridine rings is 2. The van der Waals surface area contributed by atoms with E-state index in [1.165, 1.54) is 6.07 Å². The fourth-order valence-electron chi connectivity index (χ4n) is 2.16. The highest BCUT2D eigenvalue weighted by Gasteiger charge is 2.24. The number of nitro groups is 1. The molecule has 0 spiro atoms. The van der Waals surface area contributed by atoms with Gasteiger partial charge in [-0.3, -0.25) is 15.1 Å². The van der Waals surface area contributed by atoms with E-state index in [-0.39, 0.29) is 11.7 Å². The van der Waals surface area contributed by atoms with Gasteiger partial charge in [-0.2, -0.15) is 0 Å². The van der Waals surface area contributed by atoms with Crippen molar-refractivity contribution in [1.29, 1.82) is 0 Å². The summed E-state index contributed by atoms with van der Waals surface area (Å²) in [6.45, 7) is 4.55. The first-order valence-corrected chi connectivity index (χ1v) is 6.41. The second-order valence-electron chi connectivity index (χ2n) is 4.35. The lowest BCUT2D eigenvalue weighted by atomic mass is 10.1. The third-order valence-corrected chi connectivity index (χ3v) is 3.21. The monoisotopic (exact) mass is 272 g/mol. The molecule has 2 heterocycles. The molecule has 0 saturated heterocycles. The van der Waals surface area contributed by atoms with E-state index in [0.717, 1.165) is 5.56 Å². The van der Waals surface area contributed by atoms with Crippen LogP contribution >= 0.6 is 0 Å². The molecule has 2 rings (SSSR count). The molecule has 1 unspecified atom stereocenters. The van der Waals surface area contributed by atoms with E-state index in [9.17, 15) is 10.1 Å². The van der Waals surface area contributed by atoms with Crippen LogP contribution in [0.3, 0.4) is 0 Å². The first-order valence-electron chi connectivity index (χ1n) is 6.41. The molecule has 0 bridgehead atoms. The van der Waals surface area contributed by atoms with Crippen molar-refractivity contribution in [2.24, 2.45) is 0 Å². The lowest BCUT2D eigenvalue weighted by molar-refractivity contribution is -0.384. The number of nitrogens with zero attached hydrogens (tertiary/aromatic N) is 4. The molecular weight excluding hydrogens is 256 g/mol. The standard InChI is InChI=1S/C14H16N4O2/c1-3-17(11(2)12-6-4-8-15-10-12)14-13(18(19)20)7-5-9-16-14/h4-11H,3H2,1-2H3. The van der Waals surface area contributed by atoms with Gasteiger partial charge in [0.1, 0.15) is 0 Å². The van der Waals surface area contributed by atoms with Gasteiger partial charge in [-0.05, 0) is 31.5 Å². The molecule has 0 saturated carbocycles. The molecule has 6 nitrogen and oxygen atoms in total. The first-order chi connectivity index (χ1) is 9.65. The van der Waals surface area contributed by atoms with Gasteiger partial charge < -0.3 is 4.90 Å². The van der Waals surface area contributed by atoms with E-state index < -0.39 is 4.92 Å². The van der Waals surface area contributed by atoms with Gasteiger partial charge in [0.2, 0.25) is 5.82 Å². The fraction of sp³-hybridized carbons (Fsp3) is 0.286. The SMILES string of the molecule is CCN(c1ncccc1[N+](=O)[O-])C(C)c1cccnc1. The Morgan fingerprint density at radius 3 is 2.70 bits per heavy atom. The number of rotatable bonds is 5. The second-order valence-corrected chi connectivity index (χ2v) is 4.35. The van der Waals surface area contributed by atoms with Crippen LogP contribution in [0, 0.1) is 10.1 Å². The summed E-state index contributed by atoms with van der Waals surface area (Å²) in [4.78, 5) is 20.9. The Labute approximate surface area is 117 Å². The second kappa shape index (κ2) is 6.10. The van der Waals surface area contributed by atoms with E-state index in [2.05, 4.69) is 9.97 Å². The number of aromatic nitrogens is 2. The van der Waals surface area contributed by atoms with Gasteiger partial charge in [-0.25, -0.2) is 4.98 Å².